The molecule has 3 aromatic rings. The number of halogens is 1. The van der Waals surface area contributed by atoms with Gasteiger partial charge in [0.2, 0.25) is 11.4 Å². The minimum atomic E-state index is -0.661. The summed E-state index contributed by atoms with van der Waals surface area (Å²) in [5.41, 5.74) is 0.592. The zero-order chi connectivity index (χ0) is 22.4. The summed E-state index contributed by atoms with van der Waals surface area (Å²) < 4.78 is 22.2. The molecule has 0 N–H and O–H groups in total. The molecule has 5 rings (SSSR count). The number of rotatable bonds is 4. The lowest BCUT2D eigenvalue weighted by atomic mass is 10.1. The molecule has 8 nitrogen and oxygen atoms in total. The number of aromatic nitrogens is 3. The van der Waals surface area contributed by atoms with E-state index in [1.807, 2.05) is 16.4 Å². The maximum absolute atomic E-state index is 15.2. The van der Waals surface area contributed by atoms with Gasteiger partial charge in [0.15, 0.2) is 0 Å². The first-order chi connectivity index (χ1) is 15.5. The van der Waals surface area contributed by atoms with Crippen molar-refractivity contribution in [2.75, 3.05) is 42.6 Å². The molecule has 1 atom stereocenters. The van der Waals surface area contributed by atoms with Crippen molar-refractivity contribution in [1.82, 2.24) is 14.5 Å². The molecule has 1 unspecified atom stereocenters. The fourth-order valence-electron chi connectivity index (χ4n) is 4.26. The van der Waals surface area contributed by atoms with Crippen molar-refractivity contribution in [3.05, 3.63) is 52.2 Å². The monoisotopic (exact) mass is 455 g/mol. The van der Waals surface area contributed by atoms with Crippen molar-refractivity contribution < 1.29 is 13.9 Å². The lowest BCUT2D eigenvalue weighted by Gasteiger charge is -2.37. The Bertz CT molecular complexity index is 1260. The number of thioether (sulfide) groups is 1. The first-order valence-electron chi connectivity index (χ1n) is 10.5. The van der Waals surface area contributed by atoms with Gasteiger partial charge in [-0.1, -0.05) is 11.8 Å². The summed E-state index contributed by atoms with van der Waals surface area (Å²) in [5, 5.41) is 0.810. The molecule has 1 aromatic carbocycles. The molecule has 2 aliphatic rings. The van der Waals surface area contributed by atoms with Gasteiger partial charge in [-0.3, -0.25) is 4.79 Å². The van der Waals surface area contributed by atoms with Gasteiger partial charge >= 0.3 is 5.97 Å². The predicted octanol–water partition coefficient (Wildman–Crippen LogP) is 3.06. The SMILES string of the molecule is CCOC(=O)c1c2n(c3cc(N4CCN(c5ncccn5)CC4)c(F)cc3c1=O)C(C)S2. The second-order valence-corrected chi connectivity index (χ2v) is 8.97. The average Bonchev–Trinajstić information content (AvgIpc) is 2.80. The van der Waals surface area contributed by atoms with Gasteiger partial charge in [0.25, 0.3) is 0 Å². The summed E-state index contributed by atoms with van der Waals surface area (Å²) in [6.45, 7) is 6.36. The van der Waals surface area contributed by atoms with Crippen LogP contribution in [-0.4, -0.2) is 53.3 Å². The Balaban J connectivity index is 1.51. The summed E-state index contributed by atoms with van der Waals surface area (Å²) in [7, 11) is 0. The Morgan fingerprint density at radius 2 is 1.88 bits per heavy atom. The van der Waals surface area contributed by atoms with Crippen LogP contribution in [0.2, 0.25) is 0 Å². The minimum Gasteiger partial charge on any atom is -0.462 e. The number of ether oxygens (including phenoxy) is 1. The molecule has 0 bridgehead atoms. The smallest absolute Gasteiger partial charge is 0.344 e. The minimum absolute atomic E-state index is 0.00826. The van der Waals surface area contributed by atoms with E-state index in [2.05, 4.69) is 14.9 Å². The molecule has 0 spiro atoms. The number of esters is 1. The molecular formula is C22H22FN5O3S. The van der Waals surface area contributed by atoms with Crippen LogP contribution in [0.5, 0.6) is 0 Å². The number of nitrogens with zero attached hydrogens (tertiary/aromatic N) is 5. The van der Waals surface area contributed by atoms with Crippen molar-refractivity contribution >= 4 is 40.3 Å². The highest BCUT2D eigenvalue weighted by atomic mass is 32.2. The number of pyridine rings is 1. The third-order valence-corrected chi connectivity index (χ3v) is 6.99. The van der Waals surface area contributed by atoms with E-state index in [1.54, 1.807) is 31.5 Å². The molecule has 1 fully saturated rings. The summed E-state index contributed by atoms with van der Waals surface area (Å²) >= 11 is 1.44. The highest BCUT2D eigenvalue weighted by Gasteiger charge is 2.34. The zero-order valence-electron chi connectivity index (χ0n) is 17.7. The number of piperazine rings is 1. The van der Waals surface area contributed by atoms with Crippen LogP contribution < -0.4 is 15.2 Å². The van der Waals surface area contributed by atoms with Gasteiger partial charge in [-0.2, -0.15) is 0 Å². The van der Waals surface area contributed by atoms with Crippen molar-refractivity contribution in [3.8, 4) is 0 Å². The first kappa shape index (κ1) is 20.7. The van der Waals surface area contributed by atoms with Crippen LogP contribution in [0, 0.1) is 5.82 Å². The topological polar surface area (TPSA) is 80.6 Å². The van der Waals surface area contributed by atoms with Gasteiger partial charge < -0.3 is 19.1 Å². The van der Waals surface area contributed by atoms with Gasteiger partial charge in [0, 0.05) is 44.0 Å². The van der Waals surface area contributed by atoms with Crippen LogP contribution in [0.1, 0.15) is 29.6 Å². The summed E-state index contributed by atoms with van der Waals surface area (Å²) in [5.74, 6) is -0.475. The van der Waals surface area contributed by atoms with E-state index in [4.69, 9.17) is 4.74 Å². The van der Waals surface area contributed by atoms with Gasteiger partial charge in [0.1, 0.15) is 11.4 Å². The lowest BCUT2D eigenvalue weighted by molar-refractivity contribution is 0.0518. The molecule has 166 valence electrons. The Morgan fingerprint density at radius 1 is 1.19 bits per heavy atom. The fraction of sp³-hybridized carbons (Fsp3) is 0.364. The standard InChI is InChI=1S/C22H22FN5O3S/c1-3-31-21(30)18-19(29)14-11-15(23)17(12-16(14)28-13(2)32-20(18)28)26-7-9-27(10-8-26)22-24-5-4-6-25-22/h4-6,11-13H,3,7-10H2,1-2H3. The summed E-state index contributed by atoms with van der Waals surface area (Å²) in [4.78, 5) is 38.1. The van der Waals surface area contributed by atoms with Crippen LogP contribution in [0.25, 0.3) is 10.9 Å². The molecule has 10 heteroatoms. The van der Waals surface area contributed by atoms with Gasteiger partial charge in [-0.05, 0) is 32.0 Å². The number of fused-ring (bicyclic) bond motifs is 3. The number of carbonyl (C=O) groups is 1. The molecule has 2 aromatic heterocycles. The molecule has 1 saturated heterocycles. The fourth-order valence-corrected chi connectivity index (χ4v) is 5.41. The van der Waals surface area contributed by atoms with Gasteiger partial charge in [-0.25, -0.2) is 19.2 Å². The maximum Gasteiger partial charge on any atom is 0.344 e. The Morgan fingerprint density at radius 3 is 2.53 bits per heavy atom. The number of carbonyl (C=O) groups excluding carboxylic acids is 1. The highest BCUT2D eigenvalue weighted by Crippen LogP contribution is 2.46. The van der Waals surface area contributed by atoms with E-state index in [0.717, 1.165) is 0 Å². The van der Waals surface area contributed by atoms with Gasteiger partial charge in [0.05, 0.1) is 28.2 Å². The van der Waals surface area contributed by atoms with E-state index in [-0.39, 0.29) is 22.9 Å². The summed E-state index contributed by atoms with van der Waals surface area (Å²) in [6.07, 6.45) is 3.41. The Labute approximate surface area is 188 Å². The zero-order valence-corrected chi connectivity index (χ0v) is 18.6. The average molecular weight is 456 g/mol. The van der Waals surface area contributed by atoms with Crippen LogP contribution in [0.3, 0.4) is 0 Å². The molecule has 0 amide bonds. The molecule has 0 radical (unpaired) electrons. The quantitative estimate of drug-likeness (QED) is 0.556. The number of anilines is 2. The second-order valence-electron chi connectivity index (χ2n) is 7.66. The van der Waals surface area contributed by atoms with E-state index in [1.165, 1.54) is 17.8 Å². The van der Waals surface area contributed by atoms with Crippen LogP contribution in [0.4, 0.5) is 16.0 Å². The number of hydrogen-bond acceptors (Lipinski definition) is 8. The Hall–Kier alpha value is -3.14. The molecule has 32 heavy (non-hydrogen) atoms. The Kier molecular flexibility index (Phi) is 5.24. The summed E-state index contributed by atoms with van der Waals surface area (Å²) in [6, 6.07) is 4.76. The normalized spacial score (nSPS) is 17.8. The molecule has 2 aliphatic heterocycles. The largest absolute Gasteiger partial charge is 0.462 e. The van der Waals surface area contributed by atoms with Crippen LogP contribution >= 0.6 is 11.8 Å². The molecular weight excluding hydrogens is 433 g/mol. The van der Waals surface area contributed by atoms with E-state index >= 15 is 4.39 Å². The maximum atomic E-state index is 15.2. The van der Waals surface area contributed by atoms with Crippen LogP contribution in [-0.2, 0) is 4.74 Å². The predicted molar refractivity (Wildman–Crippen MR) is 121 cm³/mol. The molecule has 0 saturated carbocycles. The second kappa shape index (κ2) is 8.09. The first-order valence-corrected chi connectivity index (χ1v) is 11.4. The van der Waals surface area contributed by atoms with Crippen molar-refractivity contribution in [1.29, 1.82) is 0 Å². The third kappa shape index (κ3) is 3.29. The molecule has 0 aliphatic carbocycles. The van der Waals surface area contributed by atoms with E-state index in [9.17, 15) is 9.59 Å². The van der Waals surface area contributed by atoms with Crippen LogP contribution in [0.15, 0.2) is 40.4 Å². The third-order valence-electron chi connectivity index (χ3n) is 5.81. The van der Waals surface area contributed by atoms with Crippen molar-refractivity contribution in [3.63, 3.8) is 0 Å². The van der Waals surface area contributed by atoms with Gasteiger partial charge in [-0.15, -0.1) is 0 Å². The molecule has 4 heterocycles. The number of benzene rings is 1. The van der Waals surface area contributed by atoms with Crippen molar-refractivity contribution in [2.24, 2.45) is 0 Å². The highest BCUT2D eigenvalue weighted by molar-refractivity contribution is 8.00. The van der Waals surface area contributed by atoms with E-state index < -0.39 is 17.2 Å². The van der Waals surface area contributed by atoms with Crippen molar-refractivity contribution in [2.45, 2.75) is 24.2 Å². The van der Waals surface area contributed by atoms with E-state index in [0.29, 0.717) is 48.4 Å². The number of hydrogen-bond donors (Lipinski definition) is 0. The lowest BCUT2D eigenvalue weighted by Crippen LogP contribution is -2.47.